The van der Waals surface area contributed by atoms with Gasteiger partial charge in [0.15, 0.2) is 0 Å². The quantitative estimate of drug-likeness (QED) is 0.263. The first-order valence-corrected chi connectivity index (χ1v) is 10.4. The molecule has 0 fully saturated rings. The molecule has 0 saturated carbocycles. The van der Waals surface area contributed by atoms with E-state index in [1.807, 2.05) is 0 Å². The number of hydrogen-bond acceptors (Lipinski definition) is 3. The van der Waals surface area contributed by atoms with Gasteiger partial charge in [0.1, 0.15) is 0 Å². The van der Waals surface area contributed by atoms with Crippen LogP contribution in [0, 0.1) is 0 Å². The Labute approximate surface area is 202 Å². The van der Waals surface area contributed by atoms with E-state index in [-0.39, 0.29) is 11.5 Å². The maximum absolute atomic E-state index is 13.0. The number of benzene rings is 3. The number of carbonyl (C=O) groups excluding carboxylic acids is 1. The van der Waals surface area contributed by atoms with Crippen LogP contribution in [-0.2, 0) is 6.18 Å². The third-order valence-electron chi connectivity index (χ3n) is 4.16. The van der Waals surface area contributed by atoms with E-state index in [9.17, 15) is 18.0 Å². The van der Waals surface area contributed by atoms with Crippen molar-refractivity contribution in [3.8, 4) is 0 Å². The Bertz CT molecular complexity index is 1170. The molecule has 0 heterocycles. The number of rotatable bonds is 5. The molecule has 174 valence electrons. The fourth-order valence-electron chi connectivity index (χ4n) is 2.50. The topological polar surface area (TPSA) is 78.2 Å². The molecule has 6 nitrogen and oxygen atoms in total. The van der Waals surface area contributed by atoms with E-state index in [4.69, 9.17) is 23.2 Å². The lowest BCUT2D eigenvalue weighted by Crippen LogP contribution is -2.32. The third-order valence-corrected chi connectivity index (χ3v) is 4.66. The van der Waals surface area contributed by atoms with Gasteiger partial charge in [0.2, 0.25) is 5.96 Å². The van der Waals surface area contributed by atoms with E-state index in [0.29, 0.717) is 21.2 Å². The molecule has 0 spiro atoms. The number of carbonyl (C=O) groups is 1. The van der Waals surface area contributed by atoms with Crippen LogP contribution in [0.5, 0.6) is 0 Å². The Balaban J connectivity index is 1.80. The molecule has 0 aromatic heterocycles. The predicted octanol–water partition coefficient (Wildman–Crippen LogP) is 5.76. The van der Waals surface area contributed by atoms with Crippen LogP contribution in [0.25, 0.3) is 0 Å². The second-order valence-corrected chi connectivity index (χ2v) is 7.56. The number of aliphatic imine (C=N–C) groups is 1. The molecule has 0 unspecified atom stereocenters. The molecule has 3 aromatic carbocycles. The van der Waals surface area contributed by atoms with Crippen molar-refractivity contribution in [1.82, 2.24) is 10.9 Å². The van der Waals surface area contributed by atoms with E-state index in [1.165, 1.54) is 18.5 Å². The minimum atomic E-state index is -4.59. The van der Waals surface area contributed by atoms with Gasteiger partial charge in [-0.25, -0.2) is 10.9 Å². The fourth-order valence-corrected chi connectivity index (χ4v) is 2.76. The van der Waals surface area contributed by atoms with Gasteiger partial charge in [0.25, 0.3) is 5.91 Å². The standard InChI is InChI=1S/C23H16Cl2F3N5O/c24-19-8-4-15(5-9-19)13-29-32-22(33-30-14-16-6-10-20(25)11-7-16)31-21(34)17-2-1-3-18(12-17)23(26,27)28/h1-14H,(H2,31,32,33,34)/b29-13+,30-14+. The zero-order valence-corrected chi connectivity index (χ0v) is 18.7. The Morgan fingerprint density at radius 2 is 1.29 bits per heavy atom. The van der Waals surface area contributed by atoms with E-state index in [1.54, 1.807) is 48.5 Å². The number of hydrogen-bond donors (Lipinski definition) is 2. The lowest BCUT2D eigenvalue weighted by Gasteiger charge is -2.08. The molecule has 11 heteroatoms. The van der Waals surface area contributed by atoms with E-state index >= 15 is 0 Å². The van der Waals surface area contributed by atoms with Gasteiger partial charge in [-0.2, -0.15) is 28.4 Å². The van der Waals surface area contributed by atoms with Crippen molar-refractivity contribution in [1.29, 1.82) is 0 Å². The lowest BCUT2D eigenvalue weighted by molar-refractivity contribution is -0.137. The van der Waals surface area contributed by atoms with Gasteiger partial charge >= 0.3 is 6.18 Å². The number of hydrazone groups is 2. The number of alkyl halides is 3. The summed E-state index contributed by atoms with van der Waals surface area (Å²) in [6.45, 7) is 0. The molecular weight excluding hydrogens is 490 g/mol. The summed E-state index contributed by atoms with van der Waals surface area (Å²) in [7, 11) is 0. The minimum absolute atomic E-state index is 0.210. The highest BCUT2D eigenvalue weighted by Gasteiger charge is 2.30. The fraction of sp³-hybridized carbons (Fsp3) is 0.0435. The number of guanidine groups is 1. The Kier molecular flexibility index (Phi) is 8.39. The summed E-state index contributed by atoms with van der Waals surface area (Å²) in [6, 6.07) is 17.5. The molecule has 0 aliphatic heterocycles. The molecule has 3 rings (SSSR count). The highest BCUT2D eigenvalue weighted by atomic mass is 35.5. The maximum Gasteiger partial charge on any atom is 0.416 e. The van der Waals surface area contributed by atoms with Crippen LogP contribution in [0.1, 0.15) is 27.0 Å². The number of nitrogens with zero attached hydrogens (tertiary/aromatic N) is 3. The summed E-state index contributed by atoms with van der Waals surface area (Å²) in [5.41, 5.74) is 5.23. The summed E-state index contributed by atoms with van der Waals surface area (Å²) in [5.74, 6) is -1.14. The molecule has 1 amide bonds. The van der Waals surface area contributed by atoms with E-state index in [0.717, 1.165) is 18.2 Å². The second kappa shape index (κ2) is 11.4. The van der Waals surface area contributed by atoms with Crippen LogP contribution in [0.15, 0.2) is 88.0 Å². The number of amides is 1. The first-order chi connectivity index (χ1) is 16.2. The van der Waals surface area contributed by atoms with Crippen molar-refractivity contribution < 1.29 is 18.0 Å². The van der Waals surface area contributed by atoms with Gasteiger partial charge in [0, 0.05) is 15.6 Å². The normalized spacial score (nSPS) is 11.6. The molecule has 0 bridgehead atoms. The van der Waals surface area contributed by atoms with Gasteiger partial charge in [-0.1, -0.05) is 53.5 Å². The monoisotopic (exact) mass is 505 g/mol. The number of halogens is 5. The second-order valence-electron chi connectivity index (χ2n) is 6.69. The highest BCUT2D eigenvalue weighted by molar-refractivity contribution is 6.30. The van der Waals surface area contributed by atoms with Crippen molar-refractivity contribution >= 4 is 47.5 Å². The van der Waals surface area contributed by atoms with Crippen LogP contribution in [0.4, 0.5) is 13.2 Å². The van der Waals surface area contributed by atoms with Crippen molar-refractivity contribution in [2.75, 3.05) is 0 Å². The molecule has 0 aliphatic carbocycles. The van der Waals surface area contributed by atoms with Crippen molar-refractivity contribution in [3.63, 3.8) is 0 Å². The van der Waals surface area contributed by atoms with Gasteiger partial charge in [-0.15, -0.1) is 0 Å². The van der Waals surface area contributed by atoms with Crippen LogP contribution in [-0.4, -0.2) is 24.3 Å². The predicted molar refractivity (Wildman–Crippen MR) is 128 cm³/mol. The van der Waals surface area contributed by atoms with Crippen molar-refractivity contribution in [3.05, 3.63) is 105 Å². The molecule has 0 atom stereocenters. The first-order valence-electron chi connectivity index (χ1n) is 9.60. The molecule has 2 N–H and O–H groups in total. The summed E-state index contributed by atoms with van der Waals surface area (Å²) in [4.78, 5) is 16.3. The van der Waals surface area contributed by atoms with Crippen LogP contribution < -0.4 is 10.9 Å². The summed E-state index contributed by atoms with van der Waals surface area (Å²) in [6.07, 6.45) is -1.72. The number of nitrogens with one attached hydrogen (secondary N) is 2. The Morgan fingerprint density at radius 1 is 0.794 bits per heavy atom. The molecule has 0 radical (unpaired) electrons. The summed E-state index contributed by atoms with van der Waals surface area (Å²) < 4.78 is 38.9. The highest BCUT2D eigenvalue weighted by Crippen LogP contribution is 2.29. The molecule has 0 aliphatic rings. The zero-order valence-electron chi connectivity index (χ0n) is 17.2. The van der Waals surface area contributed by atoms with Crippen LogP contribution >= 0.6 is 23.2 Å². The third kappa shape index (κ3) is 7.72. The average molecular weight is 506 g/mol. The molecular formula is C23H16Cl2F3N5O. The van der Waals surface area contributed by atoms with Gasteiger partial charge in [0.05, 0.1) is 18.0 Å². The Morgan fingerprint density at radius 3 is 1.76 bits per heavy atom. The first kappa shape index (κ1) is 24.9. The smallest absolute Gasteiger partial charge is 0.267 e. The summed E-state index contributed by atoms with van der Waals surface area (Å²) >= 11 is 11.7. The van der Waals surface area contributed by atoms with Crippen molar-refractivity contribution in [2.24, 2.45) is 15.2 Å². The van der Waals surface area contributed by atoms with Crippen LogP contribution in [0.2, 0.25) is 10.0 Å². The maximum atomic E-state index is 13.0. The van der Waals surface area contributed by atoms with Crippen molar-refractivity contribution in [2.45, 2.75) is 6.18 Å². The van der Waals surface area contributed by atoms with Gasteiger partial charge in [-0.3, -0.25) is 4.79 Å². The SMILES string of the molecule is O=C(N=C(N/N=C/c1ccc(Cl)cc1)N/N=C/c1ccc(Cl)cc1)c1cccc(C(F)(F)F)c1. The molecule has 3 aromatic rings. The average Bonchev–Trinajstić information content (AvgIpc) is 2.81. The van der Waals surface area contributed by atoms with Gasteiger partial charge in [-0.05, 0) is 53.6 Å². The molecule has 0 saturated heterocycles. The van der Waals surface area contributed by atoms with Gasteiger partial charge < -0.3 is 0 Å². The summed E-state index contributed by atoms with van der Waals surface area (Å²) in [5, 5.41) is 9.06. The Hall–Kier alpha value is -3.69. The van der Waals surface area contributed by atoms with E-state index in [2.05, 4.69) is 26.0 Å². The zero-order chi connectivity index (χ0) is 24.6. The van der Waals surface area contributed by atoms with E-state index < -0.39 is 17.6 Å². The lowest BCUT2D eigenvalue weighted by atomic mass is 10.1. The van der Waals surface area contributed by atoms with Crippen LogP contribution in [0.3, 0.4) is 0 Å². The molecule has 34 heavy (non-hydrogen) atoms. The minimum Gasteiger partial charge on any atom is -0.267 e. The largest absolute Gasteiger partial charge is 0.416 e.